The van der Waals surface area contributed by atoms with Gasteiger partial charge in [-0.1, -0.05) is 26.0 Å². The molecule has 2 aliphatic heterocycles. The van der Waals surface area contributed by atoms with Crippen molar-refractivity contribution in [2.75, 3.05) is 23.3 Å². The van der Waals surface area contributed by atoms with E-state index in [-0.39, 0.29) is 16.5 Å². The van der Waals surface area contributed by atoms with Gasteiger partial charge in [-0.25, -0.2) is 9.59 Å². The van der Waals surface area contributed by atoms with Crippen LogP contribution in [0.3, 0.4) is 0 Å². The van der Waals surface area contributed by atoms with Gasteiger partial charge in [0, 0.05) is 41.0 Å². The van der Waals surface area contributed by atoms with Crippen LogP contribution in [-0.2, 0) is 18.5 Å². The van der Waals surface area contributed by atoms with Crippen LogP contribution >= 0.6 is 0 Å². The van der Waals surface area contributed by atoms with E-state index in [2.05, 4.69) is 47.9 Å². The SMILES string of the molecule is CC(C)(c1ccc2c(c1)CN(c1ccc(C(=O)O)cc1)CO2)c1ccc2c(c1)CN(c1ccc(C(=O)O)cc1)CO2. The van der Waals surface area contributed by atoms with Gasteiger partial charge in [0.05, 0.1) is 11.1 Å². The van der Waals surface area contributed by atoms with Crippen molar-refractivity contribution in [3.8, 4) is 11.5 Å². The lowest BCUT2D eigenvalue weighted by atomic mass is 9.77. The van der Waals surface area contributed by atoms with E-state index in [1.165, 1.54) is 0 Å². The van der Waals surface area contributed by atoms with E-state index in [0.29, 0.717) is 26.6 Å². The predicted octanol–water partition coefficient (Wildman–Crippen LogP) is 6.12. The number of carboxylic acid groups (broad SMARTS) is 2. The maximum atomic E-state index is 11.2. The topological polar surface area (TPSA) is 99.5 Å². The van der Waals surface area contributed by atoms with Crippen molar-refractivity contribution >= 4 is 23.3 Å². The van der Waals surface area contributed by atoms with E-state index in [1.54, 1.807) is 24.3 Å². The molecular formula is C33H30N2O6. The number of fused-ring (bicyclic) bond motifs is 2. The highest BCUT2D eigenvalue weighted by atomic mass is 16.5. The van der Waals surface area contributed by atoms with Crippen molar-refractivity contribution < 1.29 is 29.3 Å². The molecule has 8 nitrogen and oxygen atoms in total. The summed E-state index contributed by atoms with van der Waals surface area (Å²) >= 11 is 0. The van der Waals surface area contributed by atoms with Crippen molar-refractivity contribution in [1.82, 2.24) is 0 Å². The molecule has 208 valence electrons. The van der Waals surface area contributed by atoms with E-state index in [4.69, 9.17) is 9.47 Å². The third-order valence-electron chi connectivity index (χ3n) is 8.00. The fraction of sp³-hybridized carbons (Fsp3) is 0.212. The smallest absolute Gasteiger partial charge is 0.335 e. The fourth-order valence-corrected chi connectivity index (χ4v) is 5.39. The van der Waals surface area contributed by atoms with Gasteiger partial charge in [0.1, 0.15) is 11.5 Å². The first-order valence-corrected chi connectivity index (χ1v) is 13.4. The van der Waals surface area contributed by atoms with Gasteiger partial charge in [0.2, 0.25) is 0 Å². The summed E-state index contributed by atoms with van der Waals surface area (Å²) in [6, 6.07) is 26.4. The summed E-state index contributed by atoms with van der Waals surface area (Å²) in [5.41, 5.74) is 6.46. The zero-order chi connectivity index (χ0) is 28.7. The minimum absolute atomic E-state index is 0.255. The van der Waals surface area contributed by atoms with E-state index in [9.17, 15) is 19.8 Å². The fourth-order valence-electron chi connectivity index (χ4n) is 5.39. The number of rotatable bonds is 6. The Bertz CT molecular complexity index is 1510. The van der Waals surface area contributed by atoms with E-state index in [0.717, 1.165) is 45.1 Å². The second-order valence-corrected chi connectivity index (χ2v) is 10.9. The molecule has 0 unspecified atom stereocenters. The second-order valence-electron chi connectivity index (χ2n) is 10.9. The largest absolute Gasteiger partial charge is 0.478 e. The van der Waals surface area contributed by atoms with Crippen molar-refractivity contribution in [3.63, 3.8) is 0 Å². The number of ether oxygens (including phenoxy) is 2. The minimum atomic E-state index is -0.945. The van der Waals surface area contributed by atoms with Crippen molar-refractivity contribution in [1.29, 1.82) is 0 Å². The molecule has 0 atom stereocenters. The van der Waals surface area contributed by atoms with Gasteiger partial charge < -0.3 is 29.5 Å². The van der Waals surface area contributed by atoms with Crippen LogP contribution in [0.5, 0.6) is 11.5 Å². The molecule has 0 bridgehead atoms. The number of carbonyl (C=O) groups is 2. The molecule has 0 spiro atoms. The molecule has 0 saturated carbocycles. The third kappa shape index (κ3) is 5.04. The summed E-state index contributed by atoms with van der Waals surface area (Å²) in [5.74, 6) is -0.184. The van der Waals surface area contributed by atoms with Crippen molar-refractivity contribution in [2.24, 2.45) is 0 Å². The van der Waals surface area contributed by atoms with Gasteiger partial charge in [0.15, 0.2) is 13.5 Å². The molecule has 4 aromatic carbocycles. The highest BCUT2D eigenvalue weighted by Gasteiger charge is 2.28. The molecule has 0 fully saturated rings. The van der Waals surface area contributed by atoms with Gasteiger partial charge in [-0.3, -0.25) is 0 Å². The first kappa shape index (κ1) is 26.3. The molecule has 2 heterocycles. The maximum Gasteiger partial charge on any atom is 0.335 e. The van der Waals surface area contributed by atoms with E-state index in [1.807, 2.05) is 36.4 Å². The Labute approximate surface area is 238 Å². The third-order valence-corrected chi connectivity index (χ3v) is 8.00. The summed E-state index contributed by atoms with van der Waals surface area (Å²) in [6.45, 7) is 6.49. The van der Waals surface area contributed by atoms with Crippen LogP contribution in [0.2, 0.25) is 0 Å². The average Bonchev–Trinajstić information content (AvgIpc) is 3.00. The lowest BCUT2D eigenvalue weighted by Gasteiger charge is -2.34. The summed E-state index contributed by atoms with van der Waals surface area (Å²) in [7, 11) is 0. The first-order valence-electron chi connectivity index (χ1n) is 13.4. The van der Waals surface area contributed by atoms with Gasteiger partial charge in [-0.15, -0.1) is 0 Å². The lowest BCUT2D eigenvalue weighted by Crippen LogP contribution is -2.33. The Morgan fingerprint density at radius 3 is 1.39 bits per heavy atom. The van der Waals surface area contributed by atoms with Gasteiger partial charge in [0.25, 0.3) is 0 Å². The Kier molecular flexibility index (Phi) is 6.53. The monoisotopic (exact) mass is 550 g/mol. The Morgan fingerprint density at radius 1 is 0.634 bits per heavy atom. The lowest BCUT2D eigenvalue weighted by molar-refractivity contribution is 0.0686. The molecule has 4 aromatic rings. The van der Waals surface area contributed by atoms with Crippen LogP contribution in [0.25, 0.3) is 0 Å². The number of aromatic carboxylic acids is 2. The number of anilines is 2. The summed E-state index contributed by atoms with van der Waals surface area (Å²) in [5, 5.41) is 18.4. The average molecular weight is 551 g/mol. The van der Waals surface area contributed by atoms with E-state index < -0.39 is 11.9 Å². The normalized spacial score (nSPS) is 14.4. The van der Waals surface area contributed by atoms with Crippen molar-refractivity contribution in [2.45, 2.75) is 32.4 Å². The van der Waals surface area contributed by atoms with Gasteiger partial charge in [-0.05, 0) is 83.9 Å². The van der Waals surface area contributed by atoms with Crippen LogP contribution < -0.4 is 19.3 Å². The zero-order valence-corrected chi connectivity index (χ0v) is 22.8. The Morgan fingerprint density at radius 2 is 1.02 bits per heavy atom. The highest BCUT2D eigenvalue weighted by molar-refractivity contribution is 5.88. The summed E-state index contributed by atoms with van der Waals surface area (Å²) in [6.07, 6.45) is 0. The molecule has 0 amide bonds. The Hall–Kier alpha value is -4.98. The number of carboxylic acids is 2. The van der Waals surface area contributed by atoms with Crippen LogP contribution in [0.15, 0.2) is 84.9 Å². The molecule has 0 aliphatic carbocycles. The molecule has 0 aromatic heterocycles. The Balaban J connectivity index is 1.23. The summed E-state index contributed by atoms with van der Waals surface area (Å²) < 4.78 is 12.1. The quantitative estimate of drug-likeness (QED) is 0.296. The second kappa shape index (κ2) is 10.2. The maximum absolute atomic E-state index is 11.2. The van der Waals surface area contributed by atoms with Crippen molar-refractivity contribution in [3.05, 3.63) is 118 Å². The molecule has 41 heavy (non-hydrogen) atoms. The van der Waals surface area contributed by atoms with Gasteiger partial charge in [-0.2, -0.15) is 0 Å². The molecular weight excluding hydrogens is 520 g/mol. The number of benzene rings is 4. The molecule has 8 heteroatoms. The molecule has 2 N–H and O–H groups in total. The van der Waals surface area contributed by atoms with E-state index >= 15 is 0 Å². The van der Waals surface area contributed by atoms with Crippen LogP contribution in [-0.4, -0.2) is 35.6 Å². The molecule has 0 saturated heterocycles. The van der Waals surface area contributed by atoms with Crippen LogP contribution in [0, 0.1) is 0 Å². The molecule has 2 aliphatic rings. The first-order chi connectivity index (χ1) is 19.7. The predicted molar refractivity (Wildman–Crippen MR) is 155 cm³/mol. The zero-order valence-electron chi connectivity index (χ0n) is 22.8. The molecule has 0 radical (unpaired) electrons. The number of hydrogen-bond acceptors (Lipinski definition) is 6. The highest BCUT2D eigenvalue weighted by Crippen LogP contribution is 2.39. The van der Waals surface area contributed by atoms with Gasteiger partial charge >= 0.3 is 11.9 Å². The minimum Gasteiger partial charge on any atom is -0.478 e. The van der Waals surface area contributed by atoms with Crippen LogP contribution in [0.1, 0.15) is 56.8 Å². The molecule has 6 rings (SSSR count). The standard InChI is InChI=1S/C33H30N2O6/c1-33(2,25-7-13-29-23(15-25)17-34(19-40-29)27-9-3-21(4-10-27)31(36)37)26-8-14-30-24(16-26)18-35(20-41-30)28-11-5-22(6-12-28)32(38)39/h3-16H,17-20H2,1-2H3,(H,36,37)(H,38,39). The summed E-state index contributed by atoms with van der Waals surface area (Å²) in [4.78, 5) is 26.6. The number of hydrogen-bond donors (Lipinski definition) is 2. The van der Waals surface area contributed by atoms with Crippen LogP contribution in [0.4, 0.5) is 11.4 Å². The number of nitrogens with zero attached hydrogens (tertiary/aromatic N) is 2.